The first-order valence-electron chi connectivity index (χ1n) is 9.56. The number of hydrogen-bond acceptors (Lipinski definition) is 4. The van der Waals surface area contributed by atoms with Gasteiger partial charge in [0.05, 0.1) is 18.5 Å². The second-order valence-corrected chi connectivity index (χ2v) is 7.04. The Morgan fingerprint density at radius 2 is 1.93 bits per heavy atom. The molecule has 1 aliphatic rings. The van der Waals surface area contributed by atoms with E-state index in [1.54, 1.807) is 7.11 Å². The van der Waals surface area contributed by atoms with Crippen molar-refractivity contribution >= 4 is 0 Å². The number of rotatable bonds is 5. The van der Waals surface area contributed by atoms with E-state index in [4.69, 9.17) is 9.72 Å². The maximum atomic E-state index is 5.51. The van der Waals surface area contributed by atoms with Gasteiger partial charge in [0, 0.05) is 36.5 Å². The molecular weight excluding hydrogens is 334 g/mol. The van der Waals surface area contributed by atoms with E-state index < -0.39 is 0 Å². The number of likely N-dealkylation sites (tertiary alicyclic amines) is 1. The second-order valence-electron chi connectivity index (χ2n) is 7.04. The SMILES string of the molecule is COc1ccccc1-c1cccc([C@@H]2CCCN(Cc3ccccn3)C2)n1. The van der Waals surface area contributed by atoms with Gasteiger partial charge in [-0.3, -0.25) is 14.9 Å². The zero-order chi connectivity index (χ0) is 18.5. The lowest BCUT2D eigenvalue weighted by atomic mass is 9.93. The van der Waals surface area contributed by atoms with Gasteiger partial charge in [-0.2, -0.15) is 0 Å². The van der Waals surface area contributed by atoms with Crippen LogP contribution < -0.4 is 4.74 Å². The zero-order valence-electron chi connectivity index (χ0n) is 15.7. The number of benzene rings is 1. The highest BCUT2D eigenvalue weighted by Gasteiger charge is 2.23. The van der Waals surface area contributed by atoms with Crippen molar-refractivity contribution < 1.29 is 4.74 Å². The summed E-state index contributed by atoms with van der Waals surface area (Å²) in [4.78, 5) is 12.0. The van der Waals surface area contributed by atoms with E-state index in [2.05, 4.69) is 46.3 Å². The molecule has 0 bridgehead atoms. The fraction of sp³-hybridized carbons (Fsp3) is 0.304. The molecule has 138 valence electrons. The van der Waals surface area contributed by atoms with E-state index in [0.717, 1.165) is 42.3 Å². The summed E-state index contributed by atoms with van der Waals surface area (Å²) in [5.74, 6) is 1.32. The van der Waals surface area contributed by atoms with Gasteiger partial charge in [-0.25, -0.2) is 0 Å². The Balaban J connectivity index is 1.53. The average Bonchev–Trinajstić information content (AvgIpc) is 2.75. The molecule has 0 aliphatic carbocycles. The van der Waals surface area contributed by atoms with E-state index in [-0.39, 0.29) is 0 Å². The Labute approximate surface area is 160 Å². The minimum Gasteiger partial charge on any atom is -0.496 e. The van der Waals surface area contributed by atoms with Gasteiger partial charge in [0.1, 0.15) is 5.75 Å². The highest BCUT2D eigenvalue weighted by molar-refractivity contribution is 5.67. The van der Waals surface area contributed by atoms with Gasteiger partial charge < -0.3 is 4.74 Å². The van der Waals surface area contributed by atoms with E-state index in [9.17, 15) is 0 Å². The average molecular weight is 359 g/mol. The van der Waals surface area contributed by atoms with Crippen LogP contribution in [0.2, 0.25) is 0 Å². The number of aromatic nitrogens is 2. The number of pyridine rings is 2. The Bertz CT molecular complexity index is 882. The predicted molar refractivity (Wildman–Crippen MR) is 108 cm³/mol. The second kappa shape index (κ2) is 8.31. The van der Waals surface area contributed by atoms with Crippen molar-refractivity contribution in [2.24, 2.45) is 0 Å². The molecule has 4 heteroatoms. The van der Waals surface area contributed by atoms with Crippen molar-refractivity contribution in [3.05, 3.63) is 78.2 Å². The van der Waals surface area contributed by atoms with Crippen LogP contribution in [-0.4, -0.2) is 35.1 Å². The van der Waals surface area contributed by atoms with Gasteiger partial charge in [-0.15, -0.1) is 0 Å². The first-order chi connectivity index (χ1) is 13.3. The third-order valence-electron chi connectivity index (χ3n) is 5.19. The molecule has 3 heterocycles. The Kier molecular flexibility index (Phi) is 5.45. The van der Waals surface area contributed by atoms with Crippen LogP contribution in [0.25, 0.3) is 11.3 Å². The minimum atomic E-state index is 0.456. The highest BCUT2D eigenvalue weighted by Crippen LogP contribution is 2.31. The third-order valence-corrected chi connectivity index (χ3v) is 5.19. The summed E-state index contributed by atoms with van der Waals surface area (Å²) < 4.78 is 5.51. The molecule has 27 heavy (non-hydrogen) atoms. The standard InChI is InChI=1S/C23H25N3O/c1-27-23-13-3-2-10-20(23)22-12-6-11-21(25-22)18-8-7-15-26(16-18)17-19-9-4-5-14-24-19/h2-6,9-14,18H,7-8,15-17H2,1H3/t18-/m1/s1. The van der Waals surface area contributed by atoms with Crippen LogP contribution in [0.15, 0.2) is 66.9 Å². The Morgan fingerprint density at radius 1 is 1.04 bits per heavy atom. The number of ether oxygens (including phenoxy) is 1. The number of para-hydroxylation sites is 1. The van der Waals surface area contributed by atoms with Crippen molar-refractivity contribution in [3.63, 3.8) is 0 Å². The van der Waals surface area contributed by atoms with Crippen LogP contribution in [0.5, 0.6) is 5.75 Å². The molecule has 0 radical (unpaired) electrons. The van der Waals surface area contributed by atoms with Crippen LogP contribution in [-0.2, 0) is 6.54 Å². The summed E-state index contributed by atoms with van der Waals surface area (Å²) in [6.07, 6.45) is 4.24. The van der Waals surface area contributed by atoms with Gasteiger partial charge in [-0.1, -0.05) is 24.3 Å². The number of methoxy groups -OCH3 is 1. The van der Waals surface area contributed by atoms with Gasteiger partial charge >= 0.3 is 0 Å². The van der Waals surface area contributed by atoms with Crippen molar-refractivity contribution in [3.8, 4) is 17.0 Å². The molecule has 0 unspecified atom stereocenters. The summed E-state index contributed by atoms with van der Waals surface area (Å²) >= 11 is 0. The van der Waals surface area contributed by atoms with Gasteiger partial charge in [0.15, 0.2) is 0 Å². The van der Waals surface area contributed by atoms with E-state index in [1.807, 2.05) is 30.5 Å². The van der Waals surface area contributed by atoms with E-state index in [1.165, 1.54) is 18.5 Å². The topological polar surface area (TPSA) is 38.2 Å². The van der Waals surface area contributed by atoms with Crippen molar-refractivity contribution in [2.75, 3.05) is 20.2 Å². The fourth-order valence-corrected chi connectivity index (χ4v) is 3.85. The smallest absolute Gasteiger partial charge is 0.128 e. The van der Waals surface area contributed by atoms with Crippen LogP contribution in [0, 0.1) is 0 Å². The molecule has 1 saturated heterocycles. The predicted octanol–water partition coefficient (Wildman–Crippen LogP) is 4.53. The molecule has 1 atom stereocenters. The van der Waals surface area contributed by atoms with Crippen LogP contribution in [0.1, 0.15) is 30.1 Å². The summed E-state index contributed by atoms with van der Waals surface area (Å²) in [7, 11) is 1.71. The maximum Gasteiger partial charge on any atom is 0.128 e. The minimum absolute atomic E-state index is 0.456. The highest BCUT2D eigenvalue weighted by atomic mass is 16.5. The van der Waals surface area contributed by atoms with Crippen LogP contribution in [0.3, 0.4) is 0 Å². The van der Waals surface area contributed by atoms with Crippen molar-refractivity contribution in [2.45, 2.75) is 25.3 Å². The molecule has 1 fully saturated rings. The van der Waals surface area contributed by atoms with Gasteiger partial charge in [0.2, 0.25) is 0 Å². The molecule has 0 amide bonds. The molecule has 0 spiro atoms. The lowest BCUT2D eigenvalue weighted by molar-refractivity contribution is 0.196. The van der Waals surface area contributed by atoms with Crippen LogP contribution >= 0.6 is 0 Å². The monoisotopic (exact) mass is 359 g/mol. The first kappa shape index (κ1) is 17.7. The molecule has 1 aliphatic heterocycles. The van der Waals surface area contributed by atoms with E-state index >= 15 is 0 Å². The largest absolute Gasteiger partial charge is 0.496 e. The lowest BCUT2D eigenvalue weighted by Gasteiger charge is -2.32. The number of hydrogen-bond donors (Lipinski definition) is 0. The summed E-state index contributed by atoms with van der Waals surface area (Å²) in [5, 5.41) is 0. The van der Waals surface area contributed by atoms with Crippen molar-refractivity contribution in [1.29, 1.82) is 0 Å². The number of nitrogens with zero attached hydrogens (tertiary/aromatic N) is 3. The molecular formula is C23H25N3O. The molecule has 1 aromatic carbocycles. The fourth-order valence-electron chi connectivity index (χ4n) is 3.85. The zero-order valence-corrected chi connectivity index (χ0v) is 15.7. The van der Waals surface area contributed by atoms with Crippen LogP contribution in [0.4, 0.5) is 0 Å². The summed E-state index contributed by atoms with van der Waals surface area (Å²) in [5.41, 5.74) is 4.33. The first-order valence-corrected chi connectivity index (χ1v) is 9.56. The Hall–Kier alpha value is -2.72. The quantitative estimate of drug-likeness (QED) is 0.671. The third kappa shape index (κ3) is 4.17. The normalized spacial score (nSPS) is 17.6. The molecule has 0 N–H and O–H groups in total. The molecule has 0 saturated carbocycles. The number of piperidine rings is 1. The maximum absolute atomic E-state index is 5.51. The van der Waals surface area contributed by atoms with Crippen molar-refractivity contribution in [1.82, 2.24) is 14.9 Å². The Morgan fingerprint density at radius 3 is 2.78 bits per heavy atom. The van der Waals surface area contributed by atoms with E-state index in [0.29, 0.717) is 5.92 Å². The molecule has 4 rings (SSSR count). The lowest BCUT2D eigenvalue weighted by Crippen LogP contribution is -2.34. The molecule has 4 nitrogen and oxygen atoms in total. The summed E-state index contributed by atoms with van der Waals surface area (Å²) in [6.45, 7) is 3.06. The summed E-state index contributed by atoms with van der Waals surface area (Å²) in [6, 6.07) is 20.5. The van der Waals surface area contributed by atoms with Gasteiger partial charge in [-0.05, 0) is 55.8 Å². The molecule has 3 aromatic rings. The van der Waals surface area contributed by atoms with Gasteiger partial charge in [0.25, 0.3) is 0 Å². The molecule has 2 aromatic heterocycles.